The van der Waals surface area contributed by atoms with E-state index in [1.807, 2.05) is 6.92 Å². The first kappa shape index (κ1) is 33.4. The first-order chi connectivity index (χ1) is 24.2. The highest BCUT2D eigenvalue weighted by Crippen LogP contribution is 2.49. The van der Waals surface area contributed by atoms with Crippen LogP contribution in [0.15, 0.2) is 30.5 Å². The van der Waals surface area contributed by atoms with Gasteiger partial charge in [-0.1, -0.05) is 13.0 Å². The van der Waals surface area contributed by atoms with Gasteiger partial charge in [0.1, 0.15) is 41.4 Å². The molecule has 1 aliphatic carbocycles. The second-order valence-corrected chi connectivity index (χ2v) is 14.9. The molecule has 9 nitrogen and oxygen atoms in total. The molecule has 4 atom stereocenters. The van der Waals surface area contributed by atoms with Crippen LogP contribution >= 0.6 is 0 Å². The monoisotopic (exact) mass is 691 g/mol. The number of halogens is 3. The zero-order valence-corrected chi connectivity index (χ0v) is 28.7. The molecule has 0 radical (unpaired) electrons. The van der Waals surface area contributed by atoms with Crippen molar-refractivity contribution in [1.29, 1.82) is 0 Å². The lowest BCUT2D eigenvalue weighted by atomic mass is 9.82. The van der Waals surface area contributed by atoms with Gasteiger partial charge >= 0.3 is 6.01 Å². The molecular weight excluding hydrogens is 647 g/mol. The lowest BCUT2D eigenvalue weighted by Gasteiger charge is -2.41. The van der Waals surface area contributed by atoms with Gasteiger partial charge < -0.3 is 24.2 Å². The van der Waals surface area contributed by atoms with Gasteiger partial charge in [0.05, 0.1) is 30.7 Å². The van der Waals surface area contributed by atoms with Crippen LogP contribution in [0.1, 0.15) is 51.0 Å². The number of methoxy groups -OCH3 is 1. The highest BCUT2D eigenvalue weighted by Gasteiger charge is 2.50. The third-order valence-electron chi connectivity index (χ3n) is 11.6. The second-order valence-electron chi connectivity index (χ2n) is 14.9. The number of aromatic nitrogens is 3. The maximum atomic E-state index is 17.1. The molecule has 8 rings (SSSR count). The Labute approximate surface area is 289 Å². The average molecular weight is 692 g/mol. The maximum absolute atomic E-state index is 17.1. The largest absolute Gasteiger partial charge is 0.508 e. The summed E-state index contributed by atoms with van der Waals surface area (Å²) < 4.78 is 64.3. The number of fused-ring (bicyclic) bond motifs is 5. The van der Waals surface area contributed by atoms with Gasteiger partial charge in [0.2, 0.25) is 0 Å². The number of alkyl halides is 1. The number of anilines is 1. The molecule has 0 amide bonds. The molecule has 1 N–H and O–H groups in total. The number of aryl methyl sites for hydroxylation is 1. The van der Waals surface area contributed by atoms with Crippen LogP contribution in [-0.4, -0.2) is 96.4 Å². The molecule has 4 aliphatic rings. The molecule has 4 aromatic rings. The van der Waals surface area contributed by atoms with Crippen LogP contribution in [0.5, 0.6) is 11.8 Å². The Morgan fingerprint density at radius 3 is 2.78 bits per heavy atom. The van der Waals surface area contributed by atoms with Crippen molar-refractivity contribution < 1.29 is 32.5 Å². The van der Waals surface area contributed by atoms with Gasteiger partial charge in [0.15, 0.2) is 5.82 Å². The number of aromatic hydroxyl groups is 1. The minimum atomic E-state index is -0.917. The van der Waals surface area contributed by atoms with Crippen LogP contribution in [0.25, 0.3) is 32.9 Å². The fourth-order valence-electron chi connectivity index (χ4n) is 9.37. The fourth-order valence-corrected chi connectivity index (χ4v) is 9.37. The Balaban J connectivity index is 1.23. The summed E-state index contributed by atoms with van der Waals surface area (Å²) in [6, 6.07) is 5.93. The van der Waals surface area contributed by atoms with Crippen LogP contribution in [0.2, 0.25) is 0 Å². The molecule has 0 spiro atoms. The van der Waals surface area contributed by atoms with Gasteiger partial charge in [-0.15, -0.1) is 0 Å². The first-order valence-corrected chi connectivity index (χ1v) is 17.9. The van der Waals surface area contributed by atoms with Crippen molar-refractivity contribution in [1.82, 2.24) is 19.9 Å². The number of piperidine rings is 1. The summed E-state index contributed by atoms with van der Waals surface area (Å²) in [6.45, 7) is 6.29. The Kier molecular flexibility index (Phi) is 8.75. The second kappa shape index (κ2) is 13.1. The smallest absolute Gasteiger partial charge is 0.319 e. The molecular formula is C38H44F3N5O4. The molecule has 2 aromatic carbocycles. The summed E-state index contributed by atoms with van der Waals surface area (Å²) in [6.07, 6.45) is 6.32. The number of pyridine rings is 1. The van der Waals surface area contributed by atoms with E-state index in [1.165, 1.54) is 12.1 Å². The molecule has 5 heterocycles. The molecule has 50 heavy (non-hydrogen) atoms. The van der Waals surface area contributed by atoms with E-state index in [0.717, 1.165) is 45.2 Å². The Morgan fingerprint density at radius 1 is 1.06 bits per heavy atom. The standard InChI is InChI=1S/C38H44F3N5O4/c1-3-27-30(40)6-5-24-13-26(47)14-28(31(24)27)33-32(41)34-29(17-42-33)35(45-18-23-7-9-37(15-23,20-45)21-49-12-11-48-2)44-36(43-34)50-22-38-8-4-10-46(38)19-25(39)16-38/h5-6,13-14,17,23,25,47H,3-4,7-12,15-16,18-22H2,1-2H3/t23?,25-,37?,38+/m1/s1. The normalized spacial score (nSPS) is 26.4. The lowest BCUT2D eigenvalue weighted by Crippen LogP contribution is -2.46. The third-order valence-corrected chi connectivity index (χ3v) is 11.6. The Bertz CT molecular complexity index is 1930. The van der Waals surface area contributed by atoms with Gasteiger partial charge in [-0.25, -0.2) is 13.2 Å². The van der Waals surface area contributed by atoms with E-state index in [-0.39, 0.29) is 40.6 Å². The van der Waals surface area contributed by atoms with Gasteiger partial charge in [-0.2, -0.15) is 9.97 Å². The molecule has 3 saturated heterocycles. The summed E-state index contributed by atoms with van der Waals surface area (Å²) in [7, 11) is 1.66. The van der Waals surface area contributed by atoms with Crippen molar-refractivity contribution in [2.45, 2.75) is 63.6 Å². The van der Waals surface area contributed by atoms with Crippen molar-refractivity contribution in [2.75, 3.05) is 64.6 Å². The highest BCUT2D eigenvalue weighted by atomic mass is 19.1. The number of nitrogens with zero attached hydrogens (tertiary/aromatic N) is 5. The van der Waals surface area contributed by atoms with Crippen LogP contribution in [0.4, 0.5) is 19.0 Å². The summed E-state index contributed by atoms with van der Waals surface area (Å²) in [5, 5.41) is 12.2. The zero-order chi connectivity index (χ0) is 34.6. The Hall–Kier alpha value is -3.74. The van der Waals surface area contributed by atoms with Crippen LogP contribution in [0.3, 0.4) is 0 Å². The lowest BCUT2D eigenvalue weighted by molar-refractivity contribution is 0.0147. The van der Waals surface area contributed by atoms with E-state index in [1.54, 1.807) is 25.4 Å². The third kappa shape index (κ3) is 5.82. The molecule has 1 saturated carbocycles. The van der Waals surface area contributed by atoms with Crippen LogP contribution in [-0.2, 0) is 15.9 Å². The van der Waals surface area contributed by atoms with E-state index in [9.17, 15) is 9.50 Å². The topological polar surface area (TPSA) is 93.1 Å². The molecule has 2 bridgehead atoms. The average Bonchev–Trinajstić information content (AvgIpc) is 3.74. The molecule has 266 valence electrons. The minimum absolute atomic E-state index is 0.0245. The number of ether oxygens (including phenoxy) is 3. The van der Waals surface area contributed by atoms with Crippen molar-refractivity contribution in [2.24, 2.45) is 11.3 Å². The van der Waals surface area contributed by atoms with Gasteiger partial charge in [0, 0.05) is 50.3 Å². The molecule has 4 fully saturated rings. The zero-order valence-electron chi connectivity index (χ0n) is 28.7. The van der Waals surface area contributed by atoms with E-state index in [0.29, 0.717) is 79.2 Å². The van der Waals surface area contributed by atoms with E-state index >= 15 is 8.78 Å². The van der Waals surface area contributed by atoms with Crippen LogP contribution < -0.4 is 9.64 Å². The minimum Gasteiger partial charge on any atom is -0.508 e. The molecule has 2 unspecified atom stereocenters. The maximum Gasteiger partial charge on any atom is 0.319 e. The number of rotatable bonds is 11. The Morgan fingerprint density at radius 2 is 1.94 bits per heavy atom. The highest BCUT2D eigenvalue weighted by molar-refractivity contribution is 6.01. The van der Waals surface area contributed by atoms with Crippen LogP contribution in [0, 0.1) is 23.0 Å². The molecule has 3 aliphatic heterocycles. The quantitative estimate of drug-likeness (QED) is 0.174. The summed E-state index contributed by atoms with van der Waals surface area (Å²) in [5.74, 6) is -0.242. The van der Waals surface area contributed by atoms with Crippen molar-refractivity contribution in [3.8, 4) is 23.0 Å². The van der Waals surface area contributed by atoms with Gasteiger partial charge in [-0.3, -0.25) is 9.88 Å². The number of hydrogen-bond acceptors (Lipinski definition) is 9. The predicted octanol–water partition coefficient (Wildman–Crippen LogP) is 6.62. The van der Waals surface area contributed by atoms with E-state index in [4.69, 9.17) is 19.2 Å². The number of hydrogen-bond donors (Lipinski definition) is 1. The molecule has 12 heteroatoms. The summed E-state index contributed by atoms with van der Waals surface area (Å²) in [4.78, 5) is 18.5. The van der Waals surface area contributed by atoms with Crippen molar-refractivity contribution >= 4 is 27.5 Å². The predicted molar refractivity (Wildman–Crippen MR) is 184 cm³/mol. The number of benzene rings is 2. The molecule has 2 aromatic heterocycles. The SMILES string of the molecule is CCc1c(F)ccc2cc(O)cc(-c3ncc4c(N5CC6CCC(COCCOC)(C6)C5)nc(OC[C@@]56CCCN5C[C@H](F)C6)nc4c3F)c12. The number of phenols is 1. The van der Waals surface area contributed by atoms with Crippen molar-refractivity contribution in [3.63, 3.8) is 0 Å². The van der Waals surface area contributed by atoms with E-state index < -0.39 is 23.3 Å². The summed E-state index contributed by atoms with van der Waals surface area (Å²) in [5.41, 5.74) is 0.158. The van der Waals surface area contributed by atoms with Gasteiger partial charge in [0.25, 0.3) is 0 Å². The van der Waals surface area contributed by atoms with Crippen molar-refractivity contribution in [3.05, 3.63) is 47.7 Å². The van der Waals surface area contributed by atoms with Gasteiger partial charge in [-0.05, 0) is 85.5 Å². The van der Waals surface area contributed by atoms with E-state index in [2.05, 4.69) is 19.8 Å². The first-order valence-electron chi connectivity index (χ1n) is 17.9. The fraction of sp³-hybridized carbons (Fsp3) is 0.553. The number of phenolic OH excluding ortho intramolecular Hbond substituents is 1. The summed E-state index contributed by atoms with van der Waals surface area (Å²) >= 11 is 0.